The van der Waals surface area contributed by atoms with Gasteiger partial charge in [0.15, 0.2) is 9.84 Å². The molecule has 2 fully saturated rings. The van der Waals surface area contributed by atoms with E-state index in [1.807, 2.05) is 11.9 Å². The molecule has 1 aromatic carbocycles. The number of rotatable bonds is 4. The van der Waals surface area contributed by atoms with E-state index in [9.17, 15) is 13.2 Å². The van der Waals surface area contributed by atoms with Crippen molar-refractivity contribution in [2.45, 2.75) is 67.8 Å². The van der Waals surface area contributed by atoms with E-state index in [1.165, 1.54) is 12.8 Å². The molecule has 2 heterocycles. The predicted molar refractivity (Wildman–Crippen MR) is 101 cm³/mol. The van der Waals surface area contributed by atoms with Gasteiger partial charge in [0.25, 0.3) is 5.91 Å². The molecule has 2 bridgehead atoms. The van der Waals surface area contributed by atoms with Crippen LogP contribution in [-0.4, -0.2) is 49.6 Å². The minimum absolute atomic E-state index is 0. The summed E-state index contributed by atoms with van der Waals surface area (Å²) in [5.41, 5.74) is 0.547. The van der Waals surface area contributed by atoms with Gasteiger partial charge in [-0.2, -0.15) is 0 Å². The van der Waals surface area contributed by atoms with Gasteiger partial charge in [-0.05, 0) is 63.8 Å². The molecule has 0 saturated carbocycles. The van der Waals surface area contributed by atoms with Gasteiger partial charge in [-0.25, -0.2) is 8.42 Å². The Morgan fingerprint density at radius 3 is 2.12 bits per heavy atom. The van der Waals surface area contributed by atoms with Crippen LogP contribution in [0.3, 0.4) is 0 Å². The predicted octanol–water partition coefficient (Wildman–Crippen LogP) is 2.65. The maximum Gasteiger partial charge on any atom is 0.253 e. The SMILES string of the molecule is CC(C)S(=O)(=O)c1ccc(C(=O)N(C)C2CC3CCC(C2)N3)cc1.Cl. The molecule has 0 aliphatic carbocycles. The highest BCUT2D eigenvalue weighted by atomic mass is 35.5. The molecule has 2 unspecified atom stereocenters. The first kappa shape index (κ1) is 20.2. The van der Waals surface area contributed by atoms with E-state index < -0.39 is 15.1 Å². The van der Waals surface area contributed by atoms with Crippen molar-refractivity contribution in [1.82, 2.24) is 10.2 Å². The second-order valence-corrected chi connectivity index (χ2v) is 9.80. The lowest BCUT2D eigenvalue weighted by molar-refractivity contribution is 0.0681. The molecule has 1 aromatic rings. The van der Waals surface area contributed by atoms with Gasteiger partial charge in [-0.3, -0.25) is 4.79 Å². The first-order valence-corrected chi connectivity index (χ1v) is 10.2. The Hall–Kier alpha value is -1.11. The van der Waals surface area contributed by atoms with Crippen LogP contribution >= 0.6 is 12.4 Å². The lowest BCUT2D eigenvalue weighted by Gasteiger charge is -2.35. The van der Waals surface area contributed by atoms with Crippen LogP contribution in [0.2, 0.25) is 0 Å². The highest BCUT2D eigenvalue weighted by Crippen LogP contribution is 2.30. The molecule has 0 spiro atoms. The van der Waals surface area contributed by atoms with E-state index in [0.717, 1.165) is 12.8 Å². The second-order valence-electron chi connectivity index (χ2n) is 7.30. The lowest BCUT2D eigenvalue weighted by Crippen LogP contribution is -2.48. The fourth-order valence-electron chi connectivity index (χ4n) is 3.77. The maximum atomic E-state index is 12.7. The molecule has 2 aliphatic heterocycles. The van der Waals surface area contributed by atoms with Crippen molar-refractivity contribution in [1.29, 1.82) is 0 Å². The highest BCUT2D eigenvalue weighted by molar-refractivity contribution is 7.92. The van der Waals surface area contributed by atoms with Gasteiger partial charge >= 0.3 is 0 Å². The fraction of sp³-hybridized carbons (Fsp3) is 0.611. The summed E-state index contributed by atoms with van der Waals surface area (Å²) in [4.78, 5) is 14.8. The molecule has 2 atom stereocenters. The summed E-state index contributed by atoms with van der Waals surface area (Å²) in [7, 11) is -1.44. The summed E-state index contributed by atoms with van der Waals surface area (Å²) < 4.78 is 24.3. The number of fused-ring (bicyclic) bond motifs is 2. The number of benzene rings is 1. The van der Waals surface area contributed by atoms with Crippen LogP contribution in [0.1, 0.15) is 49.9 Å². The number of carbonyl (C=O) groups is 1. The van der Waals surface area contributed by atoms with Gasteiger partial charge in [0.1, 0.15) is 0 Å². The van der Waals surface area contributed by atoms with E-state index in [4.69, 9.17) is 0 Å². The van der Waals surface area contributed by atoms with Crippen molar-refractivity contribution in [3.8, 4) is 0 Å². The zero-order valence-electron chi connectivity index (χ0n) is 14.9. The molecular weight excluding hydrogens is 360 g/mol. The molecule has 140 valence electrons. The molecule has 2 aliphatic rings. The van der Waals surface area contributed by atoms with Crippen molar-refractivity contribution in [3.63, 3.8) is 0 Å². The Balaban J connectivity index is 0.00000225. The standard InChI is InChI=1S/C18H26N2O3S.ClH/c1-12(2)24(22,23)17-8-4-13(5-9-17)18(21)20(3)16-10-14-6-7-15(11-16)19-14;/h4-5,8-9,12,14-16,19H,6-7,10-11H2,1-3H3;1H. The quantitative estimate of drug-likeness (QED) is 0.863. The van der Waals surface area contributed by atoms with Gasteiger partial charge in [0.05, 0.1) is 10.1 Å². The lowest BCUT2D eigenvalue weighted by atomic mass is 9.98. The average molecular weight is 387 g/mol. The zero-order valence-corrected chi connectivity index (χ0v) is 16.6. The van der Waals surface area contributed by atoms with E-state index in [2.05, 4.69) is 5.32 Å². The van der Waals surface area contributed by atoms with Crippen LogP contribution < -0.4 is 5.32 Å². The van der Waals surface area contributed by atoms with Crippen LogP contribution in [0, 0.1) is 0 Å². The Morgan fingerprint density at radius 1 is 1.12 bits per heavy atom. The van der Waals surface area contributed by atoms with Crippen LogP contribution in [0.25, 0.3) is 0 Å². The number of nitrogens with one attached hydrogen (secondary N) is 1. The average Bonchev–Trinajstić information content (AvgIpc) is 2.91. The number of hydrogen-bond donors (Lipinski definition) is 1. The van der Waals surface area contributed by atoms with Crippen LogP contribution in [0.15, 0.2) is 29.2 Å². The van der Waals surface area contributed by atoms with Crippen molar-refractivity contribution in [3.05, 3.63) is 29.8 Å². The van der Waals surface area contributed by atoms with E-state index in [-0.39, 0.29) is 29.3 Å². The van der Waals surface area contributed by atoms with Crippen molar-refractivity contribution < 1.29 is 13.2 Å². The molecule has 25 heavy (non-hydrogen) atoms. The minimum atomic E-state index is -3.30. The van der Waals surface area contributed by atoms with Gasteiger partial charge in [0.2, 0.25) is 0 Å². The Labute approximate surface area is 156 Å². The molecule has 2 saturated heterocycles. The molecule has 1 amide bonds. The number of halogens is 1. The Kier molecular flexibility index (Phi) is 6.17. The van der Waals surface area contributed by atoms with E-state index in [1.54, 1.807) is 38.1 Å². The number of hydrogen-bond acceptors (Lipinski definition) is 4. The molecule has 5 nitrogen and oxygen atoms in total. The van der Waals surface area contributed by atoms with Crippen molar-refractivity contribution in [2.75, 3.05) is 7.05 Å². The van der Waals surface area contributed by atoms with Gasteiger partial charge in [0, 0.05) is 30.7 Å². The van der Waals surface area contributed by atoms with Gasteiger partial charge in [-0.1, -0.05) is 0 Å². The molecule has 1 N–H and O–H groups in total. The van der Waals surface area contributed by atoms with E-state index in [0.29, 0.717) is 17.6 Å². The normalized spacial score (nSPS) is 25.5. The first-order valence-electron chi connectivity index (χ1n) is 8.66. The summed E-state index contributed by atoms with van der Waals surface area (Å²) in [6.07, 6.45) is 4.40. The smallest absolute Gasteiger partial charge is 0.253 e. The number of nitrogens with zero attached hydrogens (tertiary/aromatic N) is 1. The first-order chi connectivity index (χ1) is 11.3. The van der Waals surface area contributed by atoms with Crippen LogP contribution in [0.4, 0.5) is 0 Å². The minimum Gasteiger partial charge on any atom is -0.339 e. The van der Waals surface area contributed by atoms with Gasteiger partial charge in [-0.15, -0.1) is 12.4 Å². The molecule has 7 heteroatoms. The topological polar surface area (TPSA) is 66.5 Å². The number of carbonyl (C=O) groups excluding carboxylic acids is 1. The number of sulfone groups is 1. The summed E-state index contributed by atoms with van der Waals surface area (Å²) in [6.45, 7) is 3.32. The molecule has 0 aromatic heterocycles. The third kappa shape index (κ3) is 4.01. The number of amides is 1. The van der Waals surface area contributed by atoms with Crippen LogP contribution in [-0.2, 0) is 9.84 Å². The fourth-order valence-corrected chi connectivity index (χ4v) is 4.83. The largest absolute Gasteiger partial charge is 0.339 e. The summed E-state index contributed by atoms with van der Waals surface area (Å²) >= 11 is 0. The van der Waals surface area contributed by atoms with E-state index >= 15 is 0 Å². The maximum absolute atomic E-state index is 12.7. The summed E-state index contributed by atoms with van der Waals surface area (Å²) in [5.74, 6) is -0.0326. The highest BCUT2D eigenvalue weighted by Gasteiger charge is 2.36. The zero-order chi connectivity index (χ0) is 17.5. The monoisotopic (exact) mass is 386 g/mol. The second kappa shape index (κ2) is 7.64. The summed E-state index contributed by atoms with van der Waals surface area (Å²) in [6, 6.07) is 7.67. The van der Waals surface area contributed by atoms with Crippen LogP contribution in [0.5, 0.6) is 0 Å². The Bertz CT molecular complexity index is 706. The molecular formula is C18H27ClN2O3S. The molecule has 3 rings (SSSR count). The Morgan fingerprint density at radius 2 is 1.64 bits per heavy atom. The van der Waals surface area contributed by atoms with Crippen molar-refractivity contribution in [2.24, 2.45) is 0 Å². The van der Waals surface area contributed by atoms with Crippen molar-refractivity contribution >= 4 is 28.2 Å². The van der Waals surface area contributed by atoms with Gasteiger partial charge < -0.3 is 10.2 Å². The summed E-state index contributed by atoms with van der Waals surface area (Å²) in [5, 5.41) is 3.12. The third-order valence-electron chi connectivity index (χ3n) is 5.37. The molecule has 0 radical (unpaired) electrons. The number of piperidine rings is 1. The third-order valence-corrected chi connectivity index (χ3v) is 7.54.